The van der Waals surface area contributed by atoms with Gasteiger partial charge >= 0.3 is 6.03 Å². The van der Waals surface area contributed by atoms with Gasteiger partial charge in [0.05, 0.1) is 12.4 Å². The molecule has 1 saturated heterocycles. The van der Waals surface area contributed by atoms with E-state index in [1.807, 2.05) is 42.0 Å². The van der Waals surface area contributed by atoms with Gasteiger partial charge in [-0.3, -0.25) is 4.79 Å². The second kappa shape index (κ2) is 7.83. The van der Waals surface area contributed by atoms with Gasteiger partial charge in [0.25, 0.3) is 0 Å². The lowest BCUT2D eigenvalue weighted by molar-refractivity contribution is -0.117. The van der Waals surface area contributed by atoms with E-state index >= 15 is 0 Å². The fourth-order valence-electron chi connectivity index (χ4n) is 2.90. The van der Waals surface area contributed by atoms with Crippen molar-refractivity contribution in [2.75, 3.05) is 18.0 Å². The fourth-order valence-corrected chi connectivity index (χ4v) is 2.90. The Balaban J connectivity index is 1.41. The van der Waals surface area contributed by atoms with Gasteiger partial charge < -0.3 is 20.1 Å². The van der Waals surface area contributed by atoms with Crippen molar-refractivity contribution in [1.29, 1.82) is 0 Å². The highest BCUT2D eigenvalue weighted by molar-refractivity contribution is 5.96. The molecule has 1 atom stereocenters. The lowest BCUT2D eigenvalue weighted by Gasteiger charge is -2.17. The lowest BCUT2D eigenvalue weighted by Crippen LogP contribution is -2.43. The predicted octanol–water partition coefficient (Wildman–Crippen LogP) is 1.69. The van der Waals surface area contributed by atoms with Crippen LogP contribution in [0.4, 0.5) is 10.5 Å². The minimum Gasteiger partial charge on any atom is -0.338 e. The van der Waals surface area contributed by atoms with Crippen molar-refractivity contribution in [3.8, 4) is 0 Å². The van der Waals surface area contributed by atoms with E-state index in [4.69, 9.17) is 0 Å². The van der Waals surface area contributed by atoms with Crippen molar-refractivity contribution in [1.82, 2.24) is 20.2 Å². The van der Waals surface area contributed by atoms with Gasteiger partial charge in [-0.2, -0.15) is 0 Å². The van der Waals surface area contributed by atoms with E-state index in [-0.39, 0.29) is 18.0 Å². The number of rotatable bonds is 6. The fraction of sp³-hybridized carbons (Fsp3) is 0.389. The van der Waals surface area contributed by atoms with Crippen molar-refractivity contribution in [2.24, 2.45) is 0 Å². The molecule has 7 nitrogen and oxygen atoms in total. The summed E-state index contributed by atoms with van der Waals surface area (Å²) in [5.74, 6) is 0.0364. The molecule has 1 aliphatic rings. The molecule has 1 aromatic carbocycles. The SMILES string of the molecule is Cc1ccc(N2C[C@H](NC(=O)NCCCn3ccnc3)CC2=O)cc1. The highest BCUT2D eigenvalue weighted by Crippen LogP contribution is 2.21. The number of amides is 3. The quantitative estimate of drug-likeness (QED) is 0.785. The standard InChI is InChI=1S/C18H23N5O2/c1-14-3-5-16(6-4-14)23-12-15(11-17(23)24)21-18(25)20-7-2-9-22-10-8-19-13-22/h3-6,8,10,13,15H,2,7,9,11-12H2,1H3,(H2,20,21,25)/t15-/m1/s1. The van der Waals surface area contributed by atoms with Crippen LogP contribution in [0, 0.1) is 6.92 Å². The van der Waals surface area contributed by atoms with E-state index in [9.17, 15) is 9.59 Å². The van der Waals surface area contributed by atoms with Gasteiger partial charge in [-0.25, -0.2) is 9.78 Å². The summed E-state index contributed by atoms with van der Waals surface area (Å²) in [7, 11) is 0. The number of benzene rings is 1. The van der Waals surface area contributed by atoms with Crippen molar-refractivity contribution in [3.05, 3.63) is 48.5 Å². The smallest absolute Gasteiger partial charge is 0.315 e. The van der Waals surface area contributed by atoms with Crippen molar-refractivity contribution < 1.29 is 9.59 Å². The van der Waals surface area contributed by atoms with E-state index in [1.165, 1.54) is 0 Å². The summed E-state index contributed by atoms with van der Waals surface area (Å²) < 4.78 is 1.97. The van der Waals surface area contributed by atoms with Gasteiger partial charge in [0, 0.05) is 44.1 Å². The Morgan fingerprint density at radius 2 is 2.12 bits per heavy atom. The second-order valence-corrected chi connectivity index (χ2v) is 6.30. The van der Waals surface area contributed by atoms with Crippen LogP contribution in [-0.4, -0.2) is 40.6 Å². The molecule has 132 valence electrons. The van der Waals surface area contributed by atoms with Crippen LogP contribution in [0.2, 0.25) is 0 Å². The van der Waals surface area contributed by atoms with Crippen molar-refractivity contribution in [3.63, 3.8) is 0 Å². The van der Waals surface area contributed by atoms with Gasteiger partial charge in [0.2, 0.25) is 5.91 Å². The molecule has 2 aromatic rings. The molecule has 0 radical (unpaired) electrons. The predicted molar refractivity (Wildman–Crippen MR) is 95.3 cm³/mol. The number of carbonyl (C=O) groups excluding carboxylic acids is 2. The Morgan fingerprint density at radius 1 is 1.32 bits per heavy atom. The number of hydrogen-bond donors (Lipinski definition) is 2. The summed E-state index contributed by atoms with van der Waals surface area (Å²) in [6.45, 7) is 3.90. The number of aromatic nitrogens is 2. The average Bonchev–Trinajstić information content (AvgIpc) is 3.22. The number of carbonyl (C=O) groups is 2. The Hall–Kier alpha value is -2.83. The summed E-state index contributed by atoms with van der Waals surface area (Å²) in [4.78, 5) is 29.9. The average molecular weight is 341 g/mol. The second-order valence-electron chi connectivity index (χ2n) is 6.30. The monoisotopic (exact) mass is 341 g/mol. The zero-order chi connectivity index (χ0) is 17.6. The zero-order valence-electron chi connectivity index (χ0n) is 14.3. The topological polar surface area (TPSA) is 79.3 Å². The van der Waals surface area contributed by atoms with E-state index in [0.29, 0.717) is 19.5 Å². The molecule has 2 N–H and O–H groups in total. The molecule has 7 heteroatoms. The van der Waals surface area contributed by atoms with Gasteiger partial charge in [-0.15, -0.1) is 0 Å². The van der Waals surface area contributed by atoms with Crippen LogP contribution in [0.25, 0.3) is 0 Å². The van der Waals surface area contributed by atoms with E-state index < -0.39 is 0 Å². The summed E-state index contributed by atoms with van der Waals surface area (Å²) in [5, 5.41) is 5.72. The van der Waals surface area contributed by atoms with Crippen LogP contribution < -0.4 is 15.5 Å². The van der Waals surface area contributed by atoms with Crippen molar-refractivity contribution in [2.45, 2.75) is 32.4 Å². The number of hydrogen-bond acceptors (Lipinski definition) is 3. The summed E-state index contributed by atoms with van der Waals surface area (Å²) in [6.07, 6.45) is 6.53. The number of urea groups is 1. The maximum atomic E-state index is 12.2. The molecule has 3 amide bonds. The Kier molecular flexibility index (Phi) is 5.33. The lowest BCUT2D eigenvalue weighted by atomic mass is 10.2. The first-order valence-corrected chi connectivity index (χ1v) is 8.49. The molecule has 0 aliphatic carbocycles. The first kappa shape index (κ1) is 17.0. The Morgan fingerprint density at radius 3 is 2.84 bits per heavy atom. The number of imidazole rings is 1. The van der Waals surface area contributed by atoms with Gasteiger partial charge in [0.1, 0.15) is 0 Å². The molecule has 0 bridgehead atoms. The Labute approximate surface area is 147 Å². The molecule has 1 aliphatic heterocycles. The van der Waals surface area contributed by atoms with Gasteiger partial charge in [-0.1, -0.05) is 17.7 Å². The van der Waals surface area contributed by atoms with Crippen LogP contribution in [0.5, 0.6) is 0 Å². The van der Waals surface area contributed by atoms with E-state index in [0.717, 1.165) is 24.2 Å². The zero-order valence-corrected chi connectivity index (χ0v) is 14.3. The largest absolute Gasteiger partial charge is 0.338 e. The normalized spacial score (nSPS) is 16.9. The number of nitrogens with zero attached hydrogens (tertiary/aromatic N) is 3. The molecule has 3 rings (SSSR count). The highest BCUT2D eigenvalue weighted by Gasteiger charge is 2.31. The molecule has 2 heterocycles. The maximum Gasteiger partial charge on any atom is 0.315 e. The minimum atomic E-state index is -0.228. The third kappa shape index (κ3) is 4.59. The molecule has 1 fully saturated rings. The highest BCUT2D eigenvalue weighted by atomic mass is 16.2. The summed E-state index contributed by atoms with van der Waals surface area (Å²) >= 11 is 0. The minimum absolute atomic E-state index is 0.0364. The van der Waals surface area contributed by atoms with Gasteiger partial charge in [0.15, 0.2) is 0 Å². The number of anilines is 1. The van der Waals surface area contributed by atoms with Gasteiger partial charge in [-0.05, 0) is 25.5 Å². The number of aryl methyl sites for hydroxylation is 2. The van der Waals surface area contributed by atoms with E-state index in [1.54, 1.807) is 17.4 Å². The van der Waals surface area contributed by atoms with Crippen LogP contribution in [0.3, 0.4) is 0 Å². The van der Waals surface area contributed by atoms with Crippen LogP contribution in [0.15, 0.2) is 43.0 Å². The van der Waals surface area contributed by atoms with Crippen LogP contribution >= 0.6 is 0 Å². The first-order chi connectivity index (χ1) is 12.1. The summed E-state index contributed by atoms with van der Waals surface area (Å²) in [5.41, 5.74) is 2.03. The van der Waals surface area contributed by atoms with Crippen LogP contribution in [-0.2, 0) is 11.3 Å². The molecular formula is C18H23N5O2. The maximum absolute atomic E-state index is 12.2. The Bertz CT molecular complexity index is 712. The molecular weight excluding hydrogens is 318 g/mol. The molecule has 1 aromatic heterocycles. The third-order valence-electron chi connectivity index (χ3n) is 4.24. The van der Waals surface area contributed by atoms with Crippen LogP contribution in [0.1, 0.15) is 18.4 Å². The van der Waals surface area contributed by atoms with E-state index in [2.05, 4.69) is 15.6 Å². The third-order valence-corrected chi connectivity index (χ3v) is 4.24. The van der Waals surface area contributed by atoms with Crippen molar-refractivity contribution >= 4 is 17.6 Å². The summed E-state index contributed by atoms with van der Waals surface area (Å²) in [6, 6.07) is 7.45. The number of nitrogens with one attached hydrogen (secondary N) is 2. The molecule has 0 saturated carbocycles. The molecule has 0 unspecified atom stereocenters. The molecule has 0 spiro atoms. The first-order valence-electron chi connectivity index (χ1n) is 8.49. The molecule has 25 heavy (non-hydrogen) atoms.